The van der Waals surface area contributed by atoms with Gasteiger partial charge in [-0.05, 0) is 71.7 Å². The van der Waals surface area contributed by atoms with Crippen LogP contribution in [0, 0.1) is 5.41 Å². The number of carbonyl (C=O) groups excluding carboxylic acids is 2. The van der Waals surface area contributed by atoms with Crippen LogP contribution in [-0.4, -0.2) is 48.9 Å². The fourth-order valence-electron chi connectivity index (χ4n) is 3.08. The van der Waals surface area contributed by atoms with Crippen LogP contribution in [0.15, 0.2) is 24.3 Å². The van der Waals surface area contributed by atoms with Gasteiger partial charge in [-0.25, -0.2) is 4.79 Å². The van der Waals surface area contributed by atoms with Gasteiger partial charge in [0.15, 0.2) is 6.23 Å². The first-order chi connectivity index (χ1) is 12.5. The zero-order valence-electron chi connectivity index (χ0n) is 17.2. The molecule has 0 saturated carbocycles. The van der Waals surface area contributed by atoms with Gasteiger partial charge in [-0.2, -0.15) is 0 Å². The van der Waals surface area contributed by atoms with Crippen LogP contribution < -0.4 is 4.74 Å². The summed E-state index contributed by atoms with van der Waals surface area (Å²) in [7, 11) is 1.35. The van der Waals surface area contributed by atoms with E-state index in [1.807, 2.05) is 34.6 Å². The molecule has 1 atom stereocenters. The van der Waals surface area contributed by atoms with Crippen LogP contribution in [0.1, 0.15) is 57.8 Å². The van der Waals surface area contributed by atoms with Gasteiger partial charge in [0.05, 0.1) is 12.7 Å². The lowest BCUT2D eigenvalue weighted by Gasteiger charge is -2.39. The number of rotatable bonds is 6. The molecule has 0 N–H and O–H groups in total. The van der Waals surface area contributed by atoms with E-state index in [2.05, 4.69) is 4.90 Å². The topological polar surface area (TPSA) is 65.1 Å². The molecule has 1 aliphatic rings. The minimum absolute atomic E-state index is 0.293. The minimum Gasteiger partial charge on any atom is -0.474 e. The van der Waals surface area contributed by atoms with Crippen molar-refractivity contribution in [3.63, 3.8) is 0 Å². The molecule has 1 fully saturated rings. The molecule has 0 bridgehead atoms. The maximum Gasteiger partial charge on any atom is 0.337 e. The van der Waals surface area contributed by atoms with Crippen LogP contribution in [-0.2, 0) is 14.3 Å². The third-order valence-electron chi connectivity index (χ3n) is 4.54. The maximum absolute atomic E-state index is 12.9. The highest BCUT2D eigenvalue weighted by molar-refractivity contribution is 5.89. The van der Waals surface area contributed by atoms with Crippen LogP contribution in [0.3, 0.4) is 0 Å². The van der Waals surface area contributed by atoms with Gasteiger partial charge >= 0.3 is 11.9 Å². The molecular weight excluding hydrogens is 346 g/mol. The average molecular weight is 377 g/mol. The zero-order valence-corrected chi connectivity index (χ0v) is 17.2. The molecule has 27 heavy (non-hydrogen) atoms. The number of nitrogens with zero attached hydrogens (tertiary/aromatic N) is 1. The number of carbonyl (C=O) groups is 2. The number of hydrogen-bond donors (Lipinski definition) is 0. The van der Waals surface area contributed by atoms with Crippen molar-refractivity contribution in [1.29, 1.82) is 0 Å². The van der Waals surface area contributed by atoms with E-state index >= 15 is 0 Å². The van der Waals surface area contributed by atoms with Gasteiger partial charge in [0.1, 0.15) is 16.8 Å². The largest absolute Gasteiger partial charge is 0.474 e. The highest BCUT2D eigenvalue weighted by atomic mass is 16.6. The normalized spacial score (nSPS) is 16.7. The van der Waals surface area contributed by atoms with Crippen molar-refractivity contribution in [3.8, 4) is 5.75 Å². The predicted molar refractivity (Wildman–Crippen MR) is 103 cm³/mol. The Morgan fingerprint density at radius 2 is 1.56 bits per heavy atom. The van der Waals surface area contributed by atoms with Crippen molar-refractivity contribution in [2.24, 2.45) is 5.41 Å². The highest BCUT2D eigenvalue weighted by Crippen LogP contribution is 2.33. The number of benzene rings is 1. The lowest BCUT2D eigenvalue weighted by molar-refractivity contribution is -0.178. The van der Waals surface area contributed by atoms with Crippen molar-refractivity contribution >= 4 is 11.9 Å². The third kappa shape index (κ3) is 5.45. The first-order valence-corrected chi connectivity index (χ1v) is 9.37. The van der Waals surface area contributed by atoms with Crippen LogP contribution >= 0.6 is 0 Å². The standard InChI is InChI=1S/C21H31NO5/c1-20(2,3)27-19(24)21(4,5)18(22-13-7-8-14-22)26-16-11-9-15(10-12-16)17(23)25-6/h9-12,18H,7-8,13-14H2,1-6H3. The molecule has 1 unspecified atom stereocenters. The molecule has 0 radical (unpaired) electrons. The molecule has 1 aromatic carbocycles. The van der Waals surface area contributed by atoms with Crippen molar-refractivity contribution in [2.75, 3.05) is 20.2 Å². The molecule has 6 heteroatoms. The fourth-order valence-corrected chi connectivity index (χ4v) is 3.08. The van der Waals surface area contributed by atoms with E-state index in [9.17, 15) is 9.59 Å². The molecule has 0 amide bonds. The van der Waals surface area contributed by atoms with Crippen LogP contribution in [0.25, 0.3) is 0 Å². The number of hydrogen-bond acceptors (Lipinski definition) is 6. The molecule has 2 rings (SSSR count). The third-order valence-corrected chi connectivity index (χ3v) is 4.54. The van der Waals surface area contributed by atoms with E-state index in [0.29, 0.717) is 11.3 Å². The summed E-state index contributed by atoms with van der Waals surface area (Å²) in [5.74, 6) is -0.0963. The second kappa shape index (κ2) is 8.30. The Hall–Kier alpha value is -2.08. The molecule has 1 heterocycles. The molecule has 150 valence electrons. The van der Waals surface area contributed by atoms with Gasteiger partial charge in [0.25, 0.3) is 0 Å². The van der Waals surface area contributed by atoms with Gasteiger partial charge in [-0.3, -0.25) is 9.69 Å². The van der Waals surface area contributed by atoms with E-state index in [0.717, 1.165) is 25.9 Å². The summed E-state index contributed by atoms with van der Waals surface area (Å²) in [4.78, 5) is 26.6. The van der Waals surface area contributed by atoms with Gasteiger partial charge in [-0.15, -0.1) is 0 Å². The molecule has 1 aromatic rings. The van der Waals surface area contributed by atoms with E-state index < -0.39 is 23.2 Å². The van der Waals surface area contributed by atoms with Crippen LogP contribution in [0.2, 0.25) is 0 Å². The van der Waals surface area contributed by atoms with Crippen molar-refractivity contribution in [2.45, 2.75) is 59.3 Å². The molecule has 1 aliphatic heterocycles. The van der Waals surface area contributed by atoms with Gasteiger partial charge in [0.2, 0.25) is 0 Å². The number of methoxy groups -OCH3 is 1. The summed E-state index contributed by atoms with van der Waals surface area (Å²) in [6.45, 7) is 11.0. The van der Waals surface area contributed by atoms with E-state index in [1.165, 1.54) is 7.11 Å². The van der Waals surface area contributed by atoms with Crippen molar-refractivity contribution < 1.29 is 23.8 Å². The second-order valence-corrected chi connectivity index (χ2v) is 8.45. The monoisotopic (exact) mass is 377 g/mol. The molecular formula is C21H31NO5. The predicted octanol–water partition coefficient (Wildman–Crippen LogP) is 3.64. The Balaban J connectivity index is 2.24. The smallest absolute Gasteiger partial charge is 0.337 e. The first kappa shape index (κ1) is 21.2. The van der Waals surface area contributed by atoms with Crippen molar-refractivity contribution in [1.82, 2.24) is 4.90 Å². The molecule has 0 aromatic heterocycles. The second-order valence-electron chi connectivity index (χ2n) is 8.45. The summed E-state index contributed by atoms with van der Waals surface area (Å²) < 4.78 is 16.6. The summed E-state index contributed by atoms with van der Waals surface area (Å²) >= 11 is 0. The SMILES string of the molecule is COC(=O)c1ccc(OC(N2CCCC2)C(C)(C)C(=O)OC(C)(C)C)cc1. The lowest BCUT2D eigenvalue weighted by Crippen LogP contribution is -2.53. The number of esters is 2. The van der Waals surface area contributed by atoms with Gasteiger partial charge in [0, 0.05) is 13.1 Å². The Kier molecular flexibility index (Phi) is 6.52. The maximum atomic E-state index is 12.9. The van der Waals surface area contributed by atoms with E-state index in [4.69, 9.17) is 14.2 Å². The Morgan fingerprint density at radius 1 is 1.00 bits per heavy atom. The average Bonchev–Trinajstić information content (AvgIpc) is 3.12. The number of likely N-dealkylation sites (tertiary alicyclic amines) is 1. The van der Waals surface area contributed by atoms with Crippen LogP contribution in [0.5, 0.6) is 5.75 Å². The van der Waals surface area contributed by atoms with Crippen LogP contribution in [0.4, 0.5) is 0 Å². The summed E-state index contributed by atoms with van der Waals surface area (Å²) in [5, 5.41) is 0. The summed E-state index contributed by atoms with van der Waals surface area (Å²) in [5.41, 5.74) is -0.973. The summed E-state index contributed by atoms with van der Waals surface area (Å²) in [6.07, 6.45) is 1.69. The Bertz CT molecular complexity index is 654. The fraction of sp³-hybridized carbons (Fsp3) is 0.619. The minimum atomic E-state index is -0.862. The molecule has 0 aliphatic carbocycles. The lowest BCUT2D eigenvalue weighted by atomic mass is 9.89. The Labute approximate surface area is 161 Å². The van der Waals surface area contributed by atoms with E-state index in [1.54, 1.807) is 24.3 Å². The molecule has 0 spiro atoms. The van der Waals surface area contributed by atoms with E-state index in [-0.39, 0.29) is 5.97 Å². The highest BCUT2D eigenvalue weighted by Gasteiger charge is 2.45. The summed E-state index contributed by atoms with van der Waals surface area (Å²) in [6, 6.07) is 6.76. The Morgan fingerprint density at radius 3 is 2.04 bits per heavy atom. The molecule has 1 saturated heterocycles. The van der Waals surface area contributed by atoms with Gasteiger partial charge in [-0.1, -0.05) is 0 Å². The quantitative estimate of drug-likeness (QED) is 0.705. The zero-order chi connectivity index (χ0) is 20.2. The first-order valence-electron chi connectivity index (χ1n) is 9.37. The van der Waals surface area contributed by atoms with Crippen molar-refractivity contribution in [3.05, 3.63) is 29.8 Å². The molecule has 6 nitrogen and oxygen atoms in total. The van der Waals surface area contributed by atoms with Gasteiger partial charge < -0.3 is 14.2 Å². The number of ether oxygens (including phenoxy) is 3.